The predicted molar refractivity (Wildman–Crippen MR) is 76.7 cm³/mol. The van der Waals surface area contributed by atoms with E-state index in [0.29, 0.717) is 11.4 Å². The van der Waals surface area contributed by atoms with Gasteiger partial charge >= 0.3 is 0 Å². The minimum atomic E-state index is -3.48. The first-order valence-electron chi connectivity index (χ1n) is 5.87. The van der Waals surface area contributed by atoms with E-state index in [1.54, 1.807) is 18.0 Å². The number of anilines is 2. The van der Waals surface area contributed by atoms with Gasteiger partial charge in [0.25, 0.3) is 0 Å². The van der Waals surface area contributed by atoms with Crippen LogP contribution in [0.4, 0.5) is 11.4 Å². The number of nitrogen functional groups attached to an aromatic ring is 1. The zero-order valence-corrected chi connectivity index (χ0v) is 12.5. The van der Waals surface area contributed by atoms with Crippen molar-refractivity contribution in [1.29, 1.82) is 0 Å². The number of benzene rings is 1. The van der Waals surface area contributed by atoms with Gasteiger partial charge in [0.05, 0.1) is 22.9 Å². The molecule has 1 aromatic rings. The second kappa shape index (κ2) is 5.77. The molecule has 0 bridgehead atoms. The monoisotopic (exact) mass is 287 g/mol. The molecule has 1 unspecified atom stereocenters. The summed E-state index contributed by atoms with van der Waals surface area (Å²) in [6.07, 6.45) is 0. The third-order valence-corrected chi connectivity index (χ3v) is 4.89. The van der Waals surface area contributed by atoms with Crippen molar-refractivity contribution >= 4 is 21.4 Å². The van der Waals surface area contributed by atoms with E-state index < -0.39 is 10.0 Å². The Morgan fingerprint density at radius 2 is 1.89 bits per heavy atom. The van der Waals surface area contributed by atoms with Crippen molar-refractivity contribution in [1.82, 2.24) is 4.31 Å². The zero-order chi connectivity index (χ0) is 14.8. The maximum absolute atomic E-state index is 12.0. The first-order chi connectivity index (χ1) is 8.71. The lowest BCUT2D eigenvalue weighted by molar-refractivity contribution is 0.270. The molecule has 1 atom stereocenters. The molecule has 0 aliphatic rings. The molecule has 6 nitrogen and oxygen atoms in total. The van der Waals surface area contributed by atoms with Crippen LogP contribution in [-0.2, 0) is 10.0 Å². The Morgan fingerprint density at radius 1 is 1.32 bits per heavy atom. The molecule has 7 heteroatoms. The molecule has 0 saturated carbocycles. The molecule has 3 N–H and O–H groups in total. The van der Waals surface area contributed by atoms with Crippen molar-refractivity contribution in [3.63, 3.8) is 0 Å². The normalized spacial score (nSPS) is 13.6. The van der Waals surface area contributed by atoms with Crippen LogP contribution in [0.15, 0.2) is 23.1 Å². The van der Waals surface area contributed by atoms with Gasteiger partial charge in [-0.2, -0.15) is 0 Å². The zero-order valence-electron chi connectivity index (χ0n) is 11.7. The van der Waals surface area contributed by atoms with E-state index in [2.05, 4.69) is 0 Å². The number of sulfonamides is 1. The van der Waals surface area contributed by atoms with Gasteiger partial charge in [-0.25, -0.2) is 12.7 Å². The Balaban J connectivity index is 3.19. The number of rotatable bonds is 5. The molecular formula is C12H21N3O3S. The Morgan fingerprint density at radius 3 is 2.32 bits per heavy atom. The molecular weight excluding hydrogens is 266 g/mol. The SMILES string of the molecule is CC(CO)N(C)c1ccc(S(=O)(=O)N(C)C)cc1N. The molecule has 0 amide bonds. The second-order valence-corrected chi connectivity index (χ2v) is 6.80. The van der Waals surface area contributed by atoms with Crippen molar-refractivity contribution in [2.24, 2.45) is 0 Å². The van der Waals surface area contributed by atoms with Gasteiger partial charge in [0, 0.05) is 27.2 Å². The third-order valence-electron chi connectivity index (χ3n) is 3.08. The molecule has 0 aliphatic carbocycles. The Hall–Kier alpha value is -1.31. The molecule has 108 valence electrons. The minimum Gasteiger partial charge on any atom is -0.397 e. The van der Waals surface area contributed by atoms with E-state index in [4.69, 9.17) is 10.8 Å². The van der Waals surface area contributed by atoms with Crippen LogP contribution in [0.3, 0.4) is 0 Å². The Kier molecular flexibility index (Phi) is 4.78. The molecule has 0 radical (unpaired) electrons. The highest BCUT2D eigenvalue weighted by atomic mass is 32.2. The smallest absolute Gasteiger partial charge is 0.242 e. The fraction of sp³-hybridized carbons (Fsp3) is 0.500. The lowest BCUT2D eigenvalue weighted by Gasteiger charge is -2.27. The molecule has 0 saturated heterocycles. The van der Waals surface area contributed by atoms with Crippen LogP contribution in [0.5, 0.6) is 0 Å². The molecule has 1 aromatic carbocycles. The van der Waals surface area contributed by atoms with Crippen LogP contribution in [0.25, 0.3) is 0 Å². The quantitative estimate of drug-likeness (QED) is 0.762. The van der Waals surface area contributed by atoms with Crippen LogP contribution in [-0.4, -0.2) is 51.6 Å². The number of likely N-dealkylation sites (N-methyl/N-ethyl adjacent to an activating group) is 1. The summed E-state index contributed by atoms with van der Waals surface area (Å²) in [4.78, 5) is 1.96. The maximum atomic E-state index is 12.0. The highest BCUT2D eigenvalue weighted by molar-refractivity contribution is 7.89. The van der Waals surface area contributed by atoms with Gasteiger partial charge in [-0.05, 0) is 25.1 Å². The van der Waals surface area contributed by atoms with Gasteiger partial charge < -0.3 is 15.7 Å². The van der Waals surface area contributed by atoms with Gasteiger partial charge in [0.15, 0.2) is 0 Å². The minimum absolute atomic E-state index is 0.00626. The molecule has 0 heterocycles. The van der Waals surface area contributed by atoms with Gasteiger partial charge in [-0.15, -0.1) is 0 Å². The number of aliphatic hydroxyl groups excluding tert-OH is 1. The molecule has 0 spiro atoms. The average molecular weight is 287 g/mol. The third kappa shape index (κ3) is 3.17. The van der Waals surface area contributed by atoms with Crippen molar-refractivity contribution in [2.75, 3.05) is 38.4 Å². The average Bonchev–Trinajstić information content (AvgIpc) is 2.36. The summed E-state index contributed by atoms with van der Waals surface area (Å²) in [7, 11) is 1.26. The number of aliphatic hydroxyl groups is 1. The van der Waals surface area contributed by atoms with Crippen molar-refractivity contribution in [3.8, 4) is 0 Å². The molecule has 19 heavy (non-hydrogen) atoms. The number of nitrogens with two attached hydrogens (primary N) is 1. The first-order valence-corrected chi connectivity index (χ1v) is 7.31. The van der Waals surface area contributed by atoms with E-state index >= 15 is 0 Å². The summed E-state index contributed by atoms with van der Waals surface area (Å²) in [5, 5.41) is 9.13. The highest BCUT2D eigenvalue weighted by Gasteiger charge is 2.19. The Labute approximate surface area is 114 Å². The van der Waals surface area contributed by atoms with E-state index in [0.717, 1.165) is 4.31 Å². The summed E-state index contributed by atoms with van der Waals surface area (Å²) >= 11 is 0. The van der Waals surface area contributed by atoms with Gasteiger partial charge in [0.1, 0.15) is 0 Å². The van der Waals surface area contributed by atoms with Gasteiger partial charge in [0.2, 0.25) is 10.0 Å². The van der Waals surface area contributed by atoms with Crippen LogP contribution in [0.1, 0.15) is 6.92 Å². The fourth-order valence-electron chi connectivity index (χ4n) is 1.58. The largest absolute Gasteiger partial charge is 0.397 e. The summed E-state index contributed by atoms with van der Waals surface area (Å²) in [6.45, 7) is 1.84. The van der Waals surface area contributed by atoms with E-state index in [9.17, 15) is 8.42 Å². The fourth-order valence-corrected chi connectivity index (χ4v) is 2.52. The molecule has 0 aromatic heterocycles. The van der Waals surface area contributed by atoms with E-state index in [1.165, 1.54) is 26.2 Å². The van der Waals surface area contributed by atoms with Crippen molar-refractivity contribution in [2.45, 2.75) is 17.9 Å². The van der Waals surface area contributed by atoms with Gasteiger partial charge in [-0.1, -0.05) is 0 Å². The number of hydrogen-bond acceptors (Lipinski definition) is 5. The topological polar surface area (TPSA) is 86.9 Å². The lowest BCUT2D eigenvalue weighted by atomic mass is 10.2. The van der Waals surface area contributed by atoms with Crippen molar-refractivity contribution < 1.29 is 13.5 Å². The van der Waals surface area contributed by atoms with E-state index in [-0.39, 0.29) is 17.5 Å². The predicted octanol–water partition coefficient (Wildman–Crippen LogP) is 0.336. The number of nitrogens with zero attached hydrogens (tertiary/aromatic N) is 2. The summed E-state index contributed by atoms with van der Waals surface area (Å²) in [5.74, 6) is 0. The first kappa shape index (κ1) is 15.7. The second-order valence-electron chi connectivity index (χ2n) is 4.65. The standard InChI is InChI=1S/C12H21N3O3S/c1-9(8-16)15(4)12-6-5-10(7-11(12)13)19(17,18)14(2)3/h5-7,9,16H,8,13H2,1-4H3. The van der Waals surface area contributed by atoms with Crippen LogP contribution >= 0.6 is 0 Å². The van der Waals surface area contributed by atoms with Crippen LogP contribution in [0.2, 0.25) is 0 Å². The van der Waals surface area contributed by atoms with Crippen LogP contribution < -0.4 is 10.6 Å². The summed E-state index contributed by atoms with van der Waals surface area (Å²) in [5.41, 5.74) is 6.97. The van der Waals surface area contributed by atoms with Gasteiger partial charge in [-0.3, -0.25) is 0 Å². The Bertz CT molecular complexity index is 543. The molecule has 1 rings (SSSR count). The van der Waals surface area contributed by atoms with E-state index in [1.807, 2.05) is 6.92 Å². The van der Waals surface area contributed by atoms with Crippen molar-refractivity contribution in [3.05, 3.63) is 18.2 Å². The maximum Gasteiger partial charge on any atom is 0.242 e. The number of hydrogen-bond donors (Lipinski definition) is 2. The summed E-state index contributed by atoms with van der Waals surface area (Å²) in [6, 6.07) is 4.50. The summed E-state index contributed by atoms with van der Waals surface area (Å²) < 4.78 is 25.1. The molecule has 0 aliphatic heterocycles. The highest BCUT2D eigenvalue weighted by Crippen LogP contribution is 2.27. The lowest BCUT2D eigenvalue weighted by Crippen LogP contribution is -2.32. The van der Waals surface area contributed by atoms with Crippen LogP contribution in [0, 0.1) is 0 Å². The molecule has 0 fully saturated rings.